The van der Waals surface area contributed by atoms with Gasteiger partial charge in [0.25, 0.3) is 0 Å². The van der Waals surface area contributed by atoms with Crippen LogP contribution in [0.5, 0.6) is 0 Å². The first-order valence-corrected chi connectivity index (χ1v) is 10.5. The number of aliphatic hydroxyl groups is 2. The lowest BCUT2D eigenvalue weighted by Gasteiger charge is -2.55. The van der Waals surface area contributed by atoms with Crippen LogP contribution >= 0.6 is 0 Å². The van der Waals surface area contributed by atoms with Gasteiger partial charge in [-0.2, -0.15) is 0 Å². The lowest BCUT2D eigenvalue weighted by molar-refractivity contribution is -0.143. The average molecular weight is 377 g/mol. The Bertz CT molecular complexity index is 634. The maximum Gasteiger partial charge on any atom is 0.155 e. The summed E-state index contributed by atoms with van der Waals surface area (Å²) >= 11 is 0. The van der Waals surface area contributed by atoms with E-state index in [2.05, 4.69) is 27.4 Å². The smallest absolute Gasteiger partial charge is 0.155 e. The molecule has 27 heavy (non-hydrogen) atoms. The first-order chi connectivity index (χ1) is 12.6. The van der Waals surface area contributed by atoms with Crippen LogP contribution in [0.4, 0.5) is 0 Å². The predicted molar refractivity (Wildman–Crippen MR) is 106 cm³/mol. The van der Waals surface area contributed by atoms with E-state index >= 15 is 0 Å². The zero-order chi connectivity index (χ0) is 20.0. The Balaban J connectivity index is 2.06. The Hall–Kier alpha value is -0.970. The van der Waals surface area contributed by atoms with Crippen molar-refractivity contribution in [3.05, 3.63) is 23.8 Å². The van der Waals surface area contributed by atoms with Gasteiger partial charge in [0.2, 0.25) is 0 Å². The van der Waals surface area contributed by atoms with Crippen LogP contribution in [0.25, 0.3) is 0 Å². The molecule has 1 heterocycles. The normalized spacial score (nSPS) is 39.8. The number of carbonyl (C=O) groups is 1. The van der Waals surface area contributed by atoms with E-state index in [9.17, 15) is 15.0 Å². The van der Waals surface area contributed by atoms with Gasteiger partial charge in [-0.05, 0) is 66.4 Å². The molecular weight excluding hydrogens is 340 g/mol. The summed E-state index contributed by atoms with van der Waals surface area (Å²) in [6.45, 7) is 12.4. The van der Waals surface area contributed by atoms with Crippen LogP contribution in [0.15, 0.2) is 23.8 Å². The van der Waals surface area contributed by atoms with Crippen molar-refractivity contribution in [1.82, 2.24) is 0 Å². The van der Waals surface area contributed by atoms with Crippen molar-refractivity contribution in [1.29, 1.82) is 0 Å². The standard InChI is InChI=1S/C23H36O4/c1-6-15-8-9-16-21(20(15)17(25)12-14(2)24)27-19(26)13-18-22(3,4)10-7-11-23(16,18)5/h6,16-19,21,25-26H,1,7-13H2,2-5H3/t16-,17-,18-,19+,21+,23+/m0/s1. The molecule has 0 radical (unpaired) electrons. The van der Waals surface area contributed by atoms with Gasteiger partial charge in [-0.3, -0.25) is 4.79 Å². The zero-order valence-electron chi connectivity index (χ0n) is 17.3. The molecule has 2 N–H and O–H groups in total. The number of ether oxygens (including phenoxy) is 1. The van der Waals surface area contributed by atoms with Crippen LogP contribution in [0.1, 0.15) is 72.6 Å². The maximum absolute atomic E-state index is 11.7. The van der Waals surface area contributed by atoms with Gasteiger partial charge in [0.15, 0.2) is 6.29 Å². The number of hydrogen-bond acceptors (Lipinski definition) is 4. The summed E-state index contributed by atoms with van der Waals surface area (Å²) in [6.07, 6.45) is 5.75. The molecule has 0 unspecified atom stereocenters. The number of fused-ring (bicyclic) bond motifs is 3. The molecule has 2 aliphatic carbocycles. The van der Waals surface area contributed by atoms with Crippen LogP contribution in [0.3, 0.4) is 0 Å². The number of allylic oxidation sites excluding steroid dienone is 2. The van der Waals surface area contributed by atoms with Gasteiger partial charge >= 0.3 is 0 Å². The molecule has 6 atom stereocenters. The van der Waals surface area contributed by atoms with E-state index in [0.717, 1.165) is 30.4 Å². The number of rotatable bonds is 4. The largest absolute Gasteiger partial charge is 0.388 e. The number of aliphatic hydroxyl groups excluding tert-OH is 2. The third-order valence-corrected chi connectivity index (χ3v) is 7.72. The molecule has 1 saturated heterocycles. The molecule has 0 bridgehead atoms. The molecule has 0 aromatic rings. The van der Waals surface area contributed by atoms with E-state index in [0.29, 0.717) is 12.3 Å². The highest BCUT2D eigenvalue weighted by molar-refractivity contribution is 5.76. The van der Waals surface area contributed by atoms with Crippen molar-refractivity contribution in [3.63, 3.8) is 0 Å². The molecule has 1 saturated carbocycles. The molecule has 3 rings (SSSR count). The summed E-state index contributed by atoms with van der Waals surface area (Å²) in [5.74, 6) is 0.567. The van der Waals surface area contributed by atoms with Crippen LogP contribution in [0.2, 0.25) is 0 Å². The first-order valence-electron chi connectivity index (χ1n) is 10.5. The minimum atomic E-state index is -0.868. The van der Waals surface area contributed by atoms with Crippen LogP contribution in [-0.4, -0.2) is 34.5 Å². The summed E-state index contributed by atoms with van der Waals surface area (Å²) in [6, 6.07) is 0. The Morgan fingerprint density at radius 3 is 2.70 bits per heavy atom. The van der Waals surface area contributed by atoms with E-state index in [-0.39, 0.29) is 35.1 Å². The minimum Gasteiger partial charge on any atom is -0.388 e. The molecular formula is C23H36O4. The molecule has 0 spiro atoms. The fourth-order valence-corrected chi connectivity index (χ4v) is 6.48. The molecule has 4 nitrogen and oxygen atoms in total. The Kier molecular flexibility index (Phi) is 5.73. The van der Waals surface area contributed by atoms with Crippen molar-refractivity contribution in [2.24, 2.45) is 22.7 Å². The van der Waals surface area contributed by atoms with Crippen molar-refractivity contribution in [2.45, 2.75) is 91.1 Å². The molecule has 3 aliphatic rings. The quantitative estimate of drug-likeness (QED) is 0.773. The predicted octanol–water partition coefficient (Wildman–Crippen LogP) is 4.16. The summed E-state index contributed by atoms with van der Waals surface area (Å²) in [4.78, 5) is 11.7. The highest BCUT2D eigenvalue weighted by atomic mass is 16.6. The van der Waals surface area contributed by atoms with Gasteiger partial charge in [0.05, 0.1) is 12.2 Å². The lowest BCUT2D eigenvalue weighted by Crippen LogP contribution is -2.50. The number of hydrogen-bond donors (Lipinski definition) is 2. The third kappa shape index (κ3) is 3.68. The summed E-state index contributed by atoms with van der Waals surface area (Å²) in [5, 5.41) is 21.6. The van der Waals surface area contributed by atoms with Crippen LogP contribution < -0.4 is 0 Å². The van der Waals surface area contributed by atoms with Crippen molar-refractivity contribution in [3.8, 4) is 0 Å². The Morgan fingerprint density at radius 2 is 2.07 bits per heavy atom. The maximum atomic E-state index is 11.7. The van der Waals surface area contributed by atoms with Crippen molar-refractivity contribution < 1.29 is 19.7 Å². The number of Topliss-reactive ketones (excluding diaryl/α,β-unsaturated/α-hetero) is 1. The topological polar surface area (TPSA) is 66.8 Å². The van der Waals surface area contributed by atoms with Gasteiger partial charge in [0.1, 0.15) is 5.78 Å². The summed E-state index contributed by atoms with van der Waals surface area (Å²) < 4.78 is 6.19. The molecule has 0 amide bonds. The molecule has 2 fully saturated rings. The van der Waals surface area contributed by atoms with E-state index in [1.54, 1.807) is 6.08 Å². The summed E-state index contributed by atoms with van der Waals surface area (Å²) in [5.41, 5.74) is 1.97. The van der Waals surface area contributed by atoms with Gasteiger partial charge < -0.3 is 14.9 Å². The highest BCUT2D eigenvalue weighted by Gasteiger charge is 2.56. The summed E-state index contributed by atoms with van der Waals surface area (Å²) in [7, 11) is 0. The Labute approximate surface area is 163 Å². The monoisotopic (exact) mass is 376 g/mol. The van der Waals surface area contributed by atoms with Crippen molar-refractivity contribution in [2.75, 3.05) is 0 Å². The molecule has 4 heteroatoms. The second-order valence-corrected chi connectivity index (χ2v) is 9.90. The van der Waals surface area contributed by atoms with Crippen LogP contribution in [-0.2, 0) is 9.53 Å². The molecule has 0 aromatic carbocycles. The molecule has 0 aromatic heterocycles. The SMILES string of the molecule is C=CC1=C([C@@H](O)CC(C)=O)[C@@H]2O[C@@H](O)C[C@H]3C(C)(C)CCC[C@]3(C)[C@H]2CC1. The zero-order valence-corrected chi connectivity index (χ0v) is 17.3. The second kappa shape index (κ2) is 7.46. The average Bonchev–Trinajstić information content (AvgIpc) is 2.68. The highest BCUT2D eigenvalue weighted by Crippen LogP contribution is 2.61. The minimum absolute atomic E-state index is 0.0439. The second-order valence-electron chi connectivity index (χ2n) is 9.90. The van der Waals surface area contributed by atoms with Crippen molar-refractivity contribution >= 4 is 5.78 Å². The van der Waals surface area contributed by atoms with Crippen LogP contribution in [0, 0.1) is 22.7 Å². The van der Waals surface area contributed by atoms with E-state index in [1.807, 2.05) is 0 Å². The van der Waals surface area contributed by atoms with Gasteiger partial charge in [-0.25, -0.2) is 0 Å². The third-order valence-electron chi connectivity index (χ3n) is 7.72. The Morgan fingerprint density at radius 1 is 1.37 bits per heavy atom. The first kappa shape index (κ1) is 20.8. The molecule has 1 aliphatic heterocycles. The number of ketones is 1. The van der Waals surface area contributed by atoms with E-state index in [1.165, 1.54) is 19.8 Å². The number of carbonyl (C=O) groups excluding carboxylic acids is 1. The van der Waals surface area contributed by atoms with E-state index < -0.39 is 12.4 Å². The van der Waals surface area contributed by atoms with Gasteiger partial charge in [-0.1, -0.05) is 39.8 Å². The van der Waals surface area contributed by atoms with E-state index in [4.69, 9.17) is 4.74 Å². The van der Waals surface area contributed by atoms with Gasteiger partial charge in [0, 0.05) is 12.8 Å². The fourth-order valence-electron chi connectivity index (χ4n) is 6.48. The fraction of sp³-hybridized carbons (Fsp3) is 0.783. The molecule has 152 valence electrons. The van der Waals surface area contributed by atoms with Gasteiger partial charge in [-0.15, -0.1) is 0 Å². The lowest BCUT2D eigenvalue weighted by atomic mass is 9.49.